The zero-order valence-electron chi connectivity index (χ0n) is 12.1. The van der Waals surface area contributed by atoms with E-state index >= 15 is 0 Å². The van der Waals surface area contributed by atoms with Gasteiger partial charge in [-0.25, -0.2) is 0 Å². The van der Waals surface area contributed by atoms with E-state index in [-0.39, 0.29) is 5.60 Å². The predicted octanol–water partition coefficient (Wildman–Crippen LogP) is 1.59. The van der Waals surface area contributed by atoms with Gasteiger partial charge in [0, 0.05) is 44.8 Å². The fourth-order valence-electron chi connectivity index (χ4n) is 3.27. The van der Waals surface area contributed by atoms with Crippen LogP contribution in [0.1, 0.15) is 32.1 Å². The van der Waals surface area contributed by atoms with Gasteiger partial charge in [0.25, 0.3) is 0 Å². The summed E-state index contributed by atoms with van der Waals surface area (Å²) in [5.41, 5.74) is 0.0934. The highest BCUT2D eigenvalue weighted by molar-refractivity contribution is 4.91. The first kappa shape index (κ1) is 14.0. The molecule has 112 valence electrons. The maximum atomic E-state index is 6.07. The minimum atomic E-state index is 0.0934. The van der Waals surface area contributed by atoms with E-state index in [0.717, 1.165) is 65.0 Å². The number of rotatable bonds is 5. The van der Waals surface area contributed by atoms with E-state index in [9.17, 15) is 0 Å². The van der Waals surface area contributed by atoms with Crippen LogP contribution in [0.15, 0.2) is 18.5 Å². The zero-order chi connectivity index (χ0) is 13.7. The van der Waals surface area contributed by atoms with Gasteiger partial charge in [0.1, 0.15) is 0 Å². The number of nitrogens with one attached hydrogen (secondary N) is 1. The second kappa shape index (κ2) is 6.70. The van der Waals surface area contributed by atoms with Crippen LogP contribution in [0.2, 0.25) is 0 Å². The van der Waals surface area contributed by atoms with Gasteiger partial charge in [0.05, 0.1) is 5.60 Å². The van der Waals surface area contributed by atoms with Crippen LogP contribution in [0.3, 0.4) is 0 Å². The molecule has 1 N–H and O–H groups in total. The number of hydrogen-bond acceptors (Lipinski definition) is 4. The monoisotopic (exact) mass is 279 g/mol. The quantitative estimate of drug-likeness (QED) is 0.832. The molecule has 3 heterocycles. The van der Waals surface area contributed by atoms with E-state index in [4.69, 9.17) is 9.47 Å². The summed E-state index contributed by atoms with van der Waals surface area (Å²) >= 11 is 0. The maximum absolute atomic E-state index is 6.07. The Labute approximate surface area is 120 Å². The minimum absolute atomic E-state index is 0.0934. The third kappa shape index (κ3) is 3.59. The summed E-state index contributed by atoms with van der Waals surface area (Å²) in [6, 6.07) is 2.57. The molecule has 1 aromatic rings. The molecular formula is C15H25N3O2. The van der Waals surface area contributed by atoms with Crippen molar-refractivity contribution in [3.63, 3.8) is 0 Å². The lowest BCUT2D eigenvalue weighted by Crippen LogP contribution is -2.50. The molecule has 0 aromatic carbocycles. The van der Waals surface area contributed by atoms with E-state index < -0.39 is 0 Å². The molecule has 0 saturated carbocycles. The summed E-state index contributed by atoms with van der Waals surface area (Å²) in [5, 5.41) is 7.92. The molecule has 5 heteroatoms. The average Bonchev–Trinajstić information content (AvgIpc) is 2.98. The normalized spacial score (nSPS) is 25.9. The van der Waals surface area contributed by atoms with Gasteiger partial charge in [-0.2, -0.15) is 5.10 Å². The van der Waals surface area contributed by atoms with Crippen molar-refractivity contribution in [1.82, 2.24) is 15.1 Å². The van der Waals surface area contributed by atoms with Crippen molar-refractivity contribution in [3.8, 4) is 0 Å². The van der Waals surface area contributed by atoms with Crippen LogP contribution in [-0.4, -0.2) is 47.8 Å². The van der Waals surface area contributed by atoms with Crippen LogP contribution in [0.5, 0.6) is 0 Å². The van der Waals surface area contributed by atoms with Crippen molar-refractivity contribution in [2.24, 2.45) is 0 Å². The zero-order valence-corrected chi connectivity index (χ0v) is 12.1. The molecule has 1 atom stereocenters. The standard InChI is InChI=1S/C15H25N3O2/c1(8-18-9-2-7-17-18)6-16-14-3-10-20-15(13-14)4-11-19-12-5-15/h2,7,9,14,16H,1,3-6,8,10-13H2. The van der Waals surface area contributed by atoms with Gasteiger partial charge in [-0.3, -0.25) is 4.68 Å². The van der Waals surface area contributed by atoms with Crippen molar-refractivity contribution >= 4 is 0 Å². The molecule has 1 unspecified atom stereocenters. The molecule has 0 amide bonds. The second-order valence-corrected chi connectivity index (χ2v) is 5.91. The van der Waals surface area contributed by atoms with Gasteiger partial charge < -0.3 is 14.8 Å². The first-order valence-corrected chi connectivity index (χ1v) is 7.79. The molecular weight excluding hydrogens is 254 g/mol. The van der Waals surface area contributed by atoms with E-state index in [1.807, 2.05) is 23.1 Å². The Bertz CT molecular complexity index is 382. The third-order valence-corrected chi connectivity index (χ3v) is 4.45. The van der Waals surface area contributed by atoms with E-state index in [0.29, 0.717) is 6.04 Å². The summed E-state index contributed by atoms with van der Waals surface area (Å²) in [4.78, 5) is 0. The Morgan fingerprint density at radius 3 is 3.00 bits per heavy atom. The molecule has 3 rings (SSSR count). The number of aromatic nitrogens is 2. The summed E-state index contributed by atoms with van der Waals surface area (Å²) in [5.74, 6) is 0. The lowest BCUT2D eigenvalue weighted by atomic mass is 9.84. The van der Waals surface area contributed by atoms with Crippen molar-refractivity contribution in [3.05, 3.63) is 18.5 Å². The second-order valence-electron chi connectivity index (χ2n) is 5.91. The molecule has 5 nitrogen and oxygen atoms in total. The molecule has 2 aliphatic heterocycles. The summed E-state index contributed by atoms with van der Waals surface area (Å²) in [6.07, 6.45) is 9.35. The van der Waals surface area contributed by atoms with Crippen LogP contribution in [0.25, 0.3) is 0 Å². The summed E-state index contributed by atoms with van der Waals surface area (Å²) < 4.78 is 13.5. The van der Waals surface area contributed by atoms with Crippen LogP contribution >= 0.6 is 0 Å². The summed E-state index contributed by atoms with van der Waals surface area (Å²) in [7, 11) is 0. The van der Waals surface area contributed by atoms with Crippen LogP contribution in [0.4, 0.5) is 0 Å². The predicted molar refractivity (Wildman–Crippen MR) is 76.6 cm³/mol. The number of hydrogen-bond donors (Lipinski definition) is 1. The number of nitrogens with zero attached hydrogens (tertiary/aromatic N) is 2. The van der Waals surface area contributed by atoms with Gasteiger partial charge in [0.15, 0.2) is 0 Å². The van der Waals surface area contributed by atoms with Gasteiger partial charge in [-0.15, -0.1) is 0 Å². The fraction of sp³-hybridized carbons (Fsp3) is 0.800. The van der Waals surface area contributed by atoms with Crippen molar-refractivity contribution in [1.29, 1.82) is 0 Å². The van der Waals surface area contributed by atoms with E-state index in [1.54, 1.807) is 0 Å². The smallest absolute Gasteiger partial charge is 0.0741 e. The van der Waals surface area contributed by atoms with Crippen molar-refractivity contribution in [2.45, 2.75) is 50.3 Å². The lowest BCUT2D eigenvalue weighted by Gasteiger charge is -2.43. The molecule has 1 spiro atoms. The molecule has 2 aliphatic rings. The third-order valence-electron chi connectivity index (χ3n) is 4.45. The van der Waals surface area contributed by atoms with Crippen LogP contribution in [0, 0.1) is 0 Å². The minimum Gasteiger partial charge on any atom is -0.381 e. The molecule has 2 saturated heterocycles. The highest BCUT2D eigenvalue weighted by Gasteiger charge is 2.38. The maximum Gasteiger partial charge on any atom is 0.0741 e. The van der Waals surface area contributed by atoms with Gasteiger partial charge in [-0.1, -0.05) is 0 Å². The molecule has 0 aliphatic carbocycles. The largest absolute Gasteiger partial charge is 0.381 e. The summed E-state index contributed by atoms with van der Waals surface area (Å²) in [6.45, 7) is 4.63. The van der Waals surface area contributed by atoms with E-state index in [1.165, 1.54) is 0 Å². The molecule has 1 aromatic heterocycles. The molecule has 2 fully saturated rings. The van der Waals surface area contributed by atoms with E-state index in [2.05, 4.69) is 10.4 Å². The molecule has 20 heavy (non-hydrogen) atoms. The van der Waals surface area contributed by atoms with Gasteiger partial charge in [0.2, 0.25) is 0 Å². The number of aryl methyl sites for hydroxylation is 1. The lowest BCUT2D eigenvalue weighted by molar-refractivity contribution is -0.140. The van der Waals surface area contributed by atoms with Crippen LogP contribution in [-0.2, 0) is 16.0 Å². The Hall–Kier alpha value is -0.910. The fourth-order valence-corrected chi connectivity index (χ4v) is 3.27. The first-order chi connectivity index (χ1) is 9.86. The number of ether oxygens (including phenoxy) is 2. The van der Waals surface area contributed by atoms with Crippen molar-refractivity contribution < 1.29 is 9.47 Å². The van der Waals surface area contributed by atoms with Gasteiger partial charge in [-0.05, 0) is 44.7 Å². The Kier molecular flexibility index (Phi) is 4.70. The Balaban J connectivity index is 1.39. The molecule has 0 radical (unpaired) electrons. The van der Waals surface area contributed by atoms with Crippen molar-refractivity contribution in [2.75, 3.05) is 26.4 Å². The topological polar surface area (TPSA) is 48.3 Å². The van der Waals surface area contributed by atoms with Gasteiger partial charge >= 0.3 is 0 Å². The Morgan fingerprint density at radius 2 is 2.20 bits per heavy atom. The Morgan fingerprint density at radius 1 is 1.30 bits per heavy atom. The highest BCUT2D eigenvalue weighted by Crippen LogP contribution is 2.34. The first-order valence-electron chi connectivity index (χ1n) is 7.79. The average molecular weight is 279 g/mol. The molecule has 0 bridgehead atoms. The SMILES string of the molecule is c1cnn(CCCNC2CCOC3(CCOCC3)C2)c1. The van der Waals surface area contributed by atoms with Crippen LogP contribution < -0.4 is 5.32 Å². The highest BCUT2D eigenvalue weighted by atomic mass is 16.5.